The molecule has 8 heteroatoms. The molecule has 0 aliphatic carbocycles. The molecule has 1 N–H and O–H groups in total. The molecule has 0 saturated carbocycles. The maximum absolute atomic E-state index is 11.5. The maximum Gasteiger partial charge on any atom is 0.262 e. The summed E-state index contributed by atoms with van der Waals surface area (Å²) in [6, 6.07) is 12.4. The van der Waals surface area contributed by atoms with E-state index in [2.05, 4.69) is 23.2 Å². The molecule has 0 aromatic heterocycles. The van der Waals surface area contributed by atoms with Gasteiger partial charge in [-0.05, 0) is 18.6 Å². The van der Waals surface area contributed by atoms with Gasteiger partial charge in [0, 0.05) is 64.2 Å². The molecule has 0 unspecified atom stereocenters. The first-order chi connectivity index (χ1) is 14.1. The second-order valence-electron chi connectivity index (χ2n) is 7.51. The monoisotopic (exact) mass is 483 g/mol. The van der Waals surface area contributed by atoms with Crippen LogP contribution in [-0.2, 0) is 37.5 Å². The van der Waals surface area contributed by atoms with Crippen molar-refractivity contribution in [1.82, 2.24) is 4.90 Å². The van der Waals surface area contributed by atoms with Crippen molar-refractivity contribution in [1.29, 1.82) is 0 Å². The third-order valence-electron chi connectivity index (χ3n) is 5.22. The number of benzene rings is 2. The zero-order valence-electron chi connectivity index (χ0n) is 16.6. The minimum absolute atomic E-state index is 0. The third-order valence-corrected chi connectivity index (χ3v) is 5.22. The van der Waals surface area contributed by atoms with Gasteiger partial charge in [-0.1, -0.05) is 0 Å². The number of fused-ring (bicyclic) bond motifs is 2. The van der Waals surface area contributed by atoms with Gasteiger partial charge in [0.25, 0.3) is 5.91 Å². The Hall–Kier alpha value is -1.96. The molecule has 5 rings (SSSR count). The van der Waals surface area contributed by atoms with Gasteiger partial charge in [0.2, 0.25) is 0 Å². The van der Waals surface area contributed by atoms with Crippen molar-refractivity contribution in [2.45, 2.75) is 18.6 Å². The van der Waals surface area contributed by atoms with E-state index in [0.29, 0.717) is 23.8 Å². The topological polar surface area (TPSA) is 69.3 Å². The van der Waals surface area contributed by atoms with Gasteiger partial charge in [0.15, 0.2) is 6.61 Å². The quantitative estimate of drug-likeness (QED) is 0.674. The second-order valence-corrected chi connectivity index (χ2v) is 7.51. The van der Waals surface area contributed by atoms with E-state index in [1.54, 1.807) is 0 Å². The number of anilines is 1. The molecule has 1 saturated heterocycles. The first kappa shape index (κ1) is 21.3. The molecule has 0 spiro atoms. The summed E-state index contributed by atoms with van der Waals surface area (Å²) in [5.41, 5.74) is 1.44. The zero-order chi connectivity index (χ0) is 19.8. The normalized spacial score (nSPS) is 22.3. The average molecular weight is 483 g/mol. The van der Waals surface area contributed by atoms with Crippen molar-refractivity contribution in [3.8, 4) is 23.0 Å². The summed E-state index contributed by atoms with van der Waals surface area (Å²) >= 11 is 0. The van der Waals surface area contributed by atoms with Crippen LogP contribution < -0.4 is 24.3 Å². The van der Waals surface area contributed by atoms with Crippen LogP contribution in [0.25, 0.3) is 0 Å². The molecule has 1 fully saturated rings. The number of carbonyl (C=O) groups is 1. The summed E-state index contributed by atoms with van der Waals surface area (Å²) in [5, 5.41) is 2.81. The molecule has 1 radical (unpaired) electrons. The predicted molar refractivity (Wildman–Crippen MR) is 106 cm³/mol. The first-order valence-corrected chi connectivity index (χ1v) is 9.76. The molecule has 7 nitrogen and oxygen atoms in total. The van der Waals surface area contributed by atoms with Crippen LogP contribution in [0, 0.1) is 13.0 Å². The zero-order valence-corrected chi connectivity index (χ0v) is 19.4. The molecule has 3 aliphatic rings. The van der Waals surface area contributed by atoms with Crippen LogP contribution in [0.2, 0.25) is 0 Å². The Kier molecular flexibility index (Phi) is 6.41. The minimum atomic E-state index is -0.152. The van der Waals surface area contributed by atoms with Gasteiger partial charge in [-0.15, -0.1) is 6.07 Å². The van der Waals surface area contributed by atoms with Gasteiger partial charge in [-0.2, -0.15) is 0 Å². The Morgan fingerprint density at radius 1 is 1.23 bits per heavy atom. The fourth-order valence-electron chi connectivity index (χ4n) is 3.85. The van der Waals surface area contributed by atoms with Crippen LogP contribution in [0.5, 0.6) is 23.0 Å². The van der Waals surface area contributed by atoms with Crippen LogP contribution >= 0.6 is 0 Å². The standard InChI is InChI=1S/C22H22N2O5.Y/c1-14-2-4-20-21(8-14)29-17(12-26-20)11-24-7-6-16(10-24)28-15-3-5-19-18(9-15)23-22(25)13-27-19;/h2-5,9,16-17H,1,6-7,10-13H2,(H,23,25);/q-2;/t16-,17-;/m0./s1. The molecule has 1 amide bonds. The molecule has 155 valence electrons. The van der Waals surface area contributed by atoms with Crippen molar-refractivity contribution in [2.24, 2.45) is 0 Å². The Morgan fingerprint density at radius 2 is 2.10 bits per heavy atom. The van der Waals surface area contributed by atoms with Gasteiger partial charge in [0.1, 0.15) is 36.1 Å². The molecular formula is C22H22N2O5Y-2. The van der Waals surface area contributed by atoms with Crippen LogP contribution in [0.15, 0.2) is 30.3 Å². The van der Waals surface area contributed by atoms with Gasteiger partial charge in [-0.3, -0.25) is 15.8 Å². The average Bonchev–Trinajstić information content (AvgIpc) is 3.14. The van der Waals surface area contributed by atoms with Crippen molar-refractivity contribution in [3.63, 3.8) is 0 Å². The summed E-state index contributed by atoms with van der Waals surface area (Å²) < 4.78 is 23.4. The van der Waals surface area contributed by atoms with E-state index in [-0.39, 0.29) is 57.4 Å². The van der Waals surface area contributed by atoms with Gasteiger partial charge in [-0.25, -0.2) is 0 Å². The molecule has 0 bridgehead atoms. The number of ether oxygens (including phenoxy) is 4. The number of hydrogen-bond donors (Lipinski definition) is 1. The van der Waals surface area contributed by atoms with E-state index in [1.807, 2.05) is 30.3 Å². The van der Waals surface area contributed by atoms with Crippen molar-refractivity contribution < 1.29 is 56.5 Å². The number of carbonyl (C=O) groups excluding carboxylic acids is 1. The van der Waals surface area contributed by atoms with E-state index >= 15 is 0 Å². The number of likely N-dealkylation sites (tertiary alicyclic amines) is 1. The van der Waals surface area contributed by atoms with E-state index in [0.717, 1.165) is 43.1 Å². The van der Waals surface area contributed by atoms with Crippen LogP contribution in [-0.4, -0.2) is 55.9 Å². The molecule has 2 aromatic rings. The van der Waals surface area contributed by atoms with Crippen LogP contribution in [0.3, 0.4) is 0 Å². The van der Waals surface area contributed by atoms with Crippen LogP contribution in [0.4, 0.5) is 5.69 Å². The second kappa shape index (κ2) is 9.04. The SMILES string of the molecule is [CH2-]c1[c-]c2c(cc1)OC[C@H](CN1CC[C@H](Oc3ccc4c(c3)NC(=O)CO4)C1)O2.[Y]. The summed E-state index contributed by atoms with van der Waals surface area (Å²) in [6.45, 7) is 6.97. The summed E-state index contributed by atoms with van der Waals surface area (Å²) in [6.07, 6.45) is 0.970. The fraction of sp³-hybridized carbons (Fsp3) is 0.364. The summed E-state index contributed by atoms with van der Waals surface area (Å²) in [7, 11) is 0. The number of rotatable bonds is 4. The van der Waals surface area contributed by atoms with Crippen molar-refractivity contribution in [3.05, 3.63) is 48.9 Å². The minimum Gasteiger partial charge on any atom is -0.508 e. The van der Waals surface area contributed by atoms with Gasteiger partial charge >= 0.3 is 0 Å². The van der Waals surface area contributed by atoms with E-state index < -0.39 is 0 Å². The Labute approximate surface area is 200 Å². The fourth-order valence-corrected chi connectivity index (χ4v) is 3.85. The Bertz CT molecular complexity index is 938. The number of hydrogen-bond acceptors (Lipinski definition) is 6. The number of nitrogens with zero attached hydrogens (tertiary/aromatic N) is 1. The van der Waals surface area contributed by atoms with Crippen LogP contribution in [0.1, 0.15) is 12.0 Å². The molecule has 2 aromatic carbocycles. The molecule has 2 atom stereocenters. The largest absolute Gasteiger partial charge is 0.508 e. The van der Waals surface area contributed by atoms with Crippen molar-refractivity contribution in [2.75, 3.05) is 38.2 Å². The Balaban J connectivity index is 0.00000218. The smallest absolute Gasteiger partial charge is 0.262 e. The summed E-state index contributed by atoms with van der Waals surface area (Å²) in [5.74, 6) is 2.60. The third kappa shape index (κ3) is 4.69. The molecule has 30 heavy (non-hydrogen) atoms. The Morgan fingerprint density at radius 3 is 3.00 bits per heavy atom. The number of nitrogens with one attached hydrogen (secondary N) is 1. The van der Waals surface area contributed by atoms with Crippen molar-refractivity contribution >= 4 is 11.6 Å². The van der Waals surface area contributed by atoms with E-state index in [1.165, 1.54) is 0 Å². The first-order valence-electron chi connectivity index (χ1n) is 9.76. The number of amides is 1. The molecular weight excluding hydrogens is 461 g/mol. The van der Waals surface area contributed by atoms with Gasteiger partial charge < -0.3 is 42.8 Å². The molecule has 3 aliphatic heterocycles. The van der Waals surface area contributed by atoms with Gasteiger partial charge in [0.05, 0.1) is 5.69 Å². The van der Waals surface area contributed by atoms with E-state index in [9.17, 15) is 4.79 Å². The van der Waals surface area contributed by atoms with E-state index in [4.69, 9.17) is 18.9 Å². The predicted octanol–water partition coefficient (Wildman–Crippen LogP) is 2.29. The maximum atomic E-state index is 11.5. The molecule has 3 heterocycles. The summed E-state index contributed by atoms with van der Waals surface area (Å²) in [4.78, 5) is 13.8.